The molecule has 4 atom stereocenters. The smallest absolute Gasteiger partial charge is 0.419 e. The summed E-state index contributed by atoms with van der Waals surface area (Å²) in [6, 6.07) is 1.63. The SMILES string of the molecule is COc1c(F)cnc(NC23CC(N4CCOCC4)(C2)C3)c1C(=O)N[C@@H]1[C@H]2CC[C@H](C2)[C@@H]1C(=O)Nc1ccc(F)c(C(F)(F)F)c1. The van der Waals surface area contributed by atoms with Gasteiger partial charge in [-0.25, -0.2) is 13.8 Å². The van der Waals surface area contributed by atoms with Crippen LogP contribution in [0.5, 0.6) is 5.75 Å². The van der Waals surface area contributed by atoms with Gasteiger partial charge >= 0.3 is 6.18 Å². The number of morpholine rings is 1. The van der Waals surface area contributed by atoms with Crippen LogP contribution in [0.2, 0.25) is 0 Å². The van der Waals surface area contributed by atoms with Crippen LogP contribution in [0.4, 0.5) is 33.5 Å². The Hall–Kier alpha value is -3.52. The van der Waals surface area contributed by atoms with E-state index in [1.807, 2.05) is 0 Å². The van der Waals surface area contributed by atoms with Gasteiger partial charge in [-0.05, 0) is 68.6 Å². The van der Waals surface area contributed by atoms with Gasteiger partial charge in [0, 0.05) is 35.9 Å². The lowest BCUT2D eigenvalue weighted by molar-refractivity contribution is -0.172. The van der Waals surface area contributed by atoms with Crippen LogP contribution in [0.25, 0.3) is 0 Å². The Labute approximate surface area is 256 Å². The number of nitrogens with zero attached hydrogens (tertiary/aromatic N) is 2. The Bertz CT molecular complexity index is 1510. The third kappa shape index (κ3) is 5.09. The van der Waals surface area contributed by atoms with E-state index < -0.39 is 47.1 Å². The fourth-order valence-corrected chi connectivity index (χ4v) is 8.61. The summed E-state index contributed by atoms with van der Waals surface area (Å²) in [6.07, 6.45) is 0.773. The van der Waals surface area contributed by atoms with Crippen LogP contribution in [0.15, 0.2) is 24.4 Å². The Morgan fingerprint density at radius 2 is 1.78 bits per heavy atom. The highest BCUT2D eigenvalue weighted by Gasteiger charge is 2.70. The molecule has 6 aliphatic rings. The molecule has 6 fully saturated rings. The predicted octanol–water partition coefficient (Wildman–Crippen LogP) is 4.59. The molecule has 9 nitrogen and oxygen atoms in total. The third-order valence-corrected chi connectivity index (χ3v) is 10.5. The maximum absolute atomic E-state index is 14.9. The van der Waals surface area contributed by atoms with Crippen LogP contribution in [0.1, 0.15) is 54.4 Å². The summed E-state index contributed by atoms with van der Waals surface area (Å²) < 4.78 is 79.3. The second-order valence-corrected chi connectivity index (χ2v) is 13.2. The largest absolute Gasteiger partial charge is 0.493 e. The molecule has 0 spiro atoms. The van der Waals surface area contributed by atoms with E-state index in [-0.39, 0.29) is 45.7 Å². The second-order valence-electron chi connectivity index (χ2n) is 13.2. The molecule has 242 valence electrons. The maximum Gasteiger partial charge on any atom is 0.419 e. The number of pyridine rings is 1. The van der Waals surface area contributed by atoms with Gasteiger partial charge in [0.05, 0.1) is 38.0 Å². The molecular weight excluding hydrogens is 601 g/mol. The van der Waals surface area contributed by atoms with E-state index in [1.165, 1.54) is 7.11 Å². The molecule has 0 radical (unpaired) electrons. The Morgan fingerprint density at radius 3 is 2.47 bits per heavy atom. The number of rotatable bonds is 8. The quantitative estimate of drug-likeness (QED) is 0.365. The number of nitrogens with one attached hydrogen (secondary N) is 3. The minimum absolute atomic E-state index is 0.0522. The van der Waals surface area contributed by atoms with Crippen molar-refractivity contribution < 1.29 is 41.0 Å². The average molecular weight is 636 g/mol. The number of carbonyl (C=O) groups is 2. The fraction of sp³-hybridized carbons (Fsp3) is 0.581. The van der Waals surface area contributed by atoms with Crippen molar-refractivity contribution in [1.29, 1.82) is 0 Å². The number of halogens is 5. The van der Waals surface area contributed by atoms with Gasteiger partial charge in [-0.1, -0.05) is 0 Å². The zero-order valence-corrected chi connectivity index (χ0v) is 24.6. The van der Waals surface area contributed by atoms with E-state index in [9.17, 15) is 31.5 Å². The van der Waals surface area contributed by atoms with E-state index in [0.29, 0.717) is 31.8 Å². The van der Waals surface area contributed by atoms with Crippen molar-refractivity contribution >= 4 is 23.3 Å². The topological polar surface area (TPSA) is 105 Å². The molecule has 2 amide bonds. The van der Waals surface area contributed by atoms with Gasteiger partial charge in [0.15, 0.2) is 11.6 Å². The zero-order chi connectivity index (χ0) is 31.7. The van der Waals surface area contributed by atoms with Gasteiger partial charge in [-0.3, -0.25) is 14.5 Å². The number of carbonyl (C=O) groups excluding carboxylic acids is 2. The van der Waals surface area contributed by atoms with Gasteiger partial charge in [-0.15, -0.1) is 0 Å². The molecule has 1 aromatic carbocycles. The number of amides is 2. The molecule has 45 heavy (non-hydrogen) atoms. The van der Waals surface area contributed by atoms with E-state index in [4.69, 9.17) is 9.47 Å². The second kappa shape index (κ2) is 10.8. The summed E-state index contributed by atoms with van der Waals surface area (Å²) in [7, 11) is 1.26. The van der Waals surface area contributed by atoms with E-state index in [1.54, 1.807) is 0 Å². The van der Waals surface area contributed by atoms with Crippen LogP contribution in [-0.2, 0) is 15.7 Å². The summed E-state index contributed by atoms with van der Waals surface area (Å²) in [5.74, 6) is -4.47. The first-order chi connectivity index (χ1) is 21.4. The number of alkyl halides is 3. The van der Waals surface area contributed by atoms with E-state index >= 15 is 0 Å². The average Bonchev–Trinajstić information content (AvgIpc) is 3.57. The summed E-state index contributed by atoms with van der Waals surface area (Å²) in [5, 5.41) is 8.84. The molecule has 3 N–H and O–H groups in total. The first-order valence-electron chi connectivity index (χ1n) is 15.2. The van der Waals surface area contributed by atoms with Crippen LogP contribution in [-0.4, -0.2) is 72.2 Å². The third-order valence-electron chi connectivity index (χ3n) is 10.5. The Balaban J connectivity index is 1.09. The molecule has 2 aromatic rings. The first-order valence-corrected chi connectivity index (χ1v) is 15.2. The highest BCUT2D eigenvalue weighted by atomic mass is 19.4. The number of aromatic nitrogens is 1. The molecule has 8 rings (SSSR count). The minimum atomic E-state index is -4.93. The number of hydrogen-bond acceptors (Lipinski definition) is 7. The van der Waals surface area contributed by atoms with Crippen molar-refractivity contribution in [1.82, 2.24) is 15.2 Å². The standard InChI is InChI=1S/C31H34F5N5O4/c1-44-25-21(33)12-37-26(40-29-13-30(14-29,15-29)41-6-8-45-9-7-41)23(25)28(43)39-24-17-3-2-16(10-17)22(24)27(42)38-18-4-5-20(32)19(11-18)31(34,35)36/h4-5,11-12,16-17,22,24H,2-3,6-10,13-15H2,1H3,(H,37,40)(H,38,42)(H,39,43)/t16-,17+,22+,24-,29?,30?/m1/s1. The molecule has 5 saturated carbocycles. The van der Waals surface area contributed by atoms with Gasteiger partial charge < -0.3 is 25.4 Å². The predicted molar refractivity (Wildman–Crippen MR) is 152 cm³/mol. The molecule has 1 aliphatic heterocycles. The van der Waals surface area contributed by atoms with Gasteiger partial charge in [0.25, 0.3) is 5.91 Å². The maximum atomic E-state index is 14.9. The molecule has 0 unspecified atom stereocenters. The highest BCUT2D eigenvalue weighted by Crippen LogP contribution is 2.65. The van der Waals surface area contributed by atoms with Crippen molar-refractivity contribution in [3.63, 3.8) is 0 Å². The van der Waals surface area contributed by atoms with Crippen molar-refractivity contribution in [3.05, 3.63) is 47.2 Å². The fourth-order valence-electron chi connectivity index (χ4n) is 8.61. The lowest BCUT2D eigenvalue weighted by Gasteiger charge is -2.74. The zero-order valence-electron chi connectivity index (χ0n) is 24.6. The van der Waals surface area contributed by atoms with Crippen molar-refractivity contribution in [2.45, 2.75) is 61.8 Å². The van der Waals surface area contributed by atoms with Crippen molar-refractivity contribution in [2.24, 2.45) is 17.8 Å². The number of benzene rings is 1. The van der Waals surface area contributed by atoms with Gasteiger partial charge in [-0.2, -0.15) is 13.2 Å². The number of methoxy groups -OCH3 is 1. The Morgan fingerprint density at radius 1 is 1.07 bits per heavy atom. The number of hydrogen-bond donors (Lipinski definition) is 3. The van der Waals surface area contributed by atoms with E-state index in [2.05, 4.69) is 25.8 Å². The molecule has 1 aromatic heterocycles. The van der Waals surface area contributed by atoms with Crippen molar-refractivity contribution in [3.8, 4) is 5.75 Å². The first kappa shape index (κ1) is 30.2. The normalized spacial score (nSPS) is 32.0. The molecule has 5 aliphatic carbocycles. The molecule has 1 saturated heterocycles. The number of fused-ring (bicyclic) bond motifs is 2. The van der Waals surface area contributed by atoms with Crippen molar-refractivity contribution in [2.75, 3.05) is 44.0 Å². The summed E-state index contributed by atoms with van der Waals surface area (Å²) >= 11 is 0. The lowest BCUT2D eigenvalue weighted by Crippen LogP contribution is -2.82. The molecule has 2 heterocycles. The summed E-state index contributed by atoms with van der Waals surface area (Å²) in [6.45, 7) is 3.14. The van der Waals surface area contributed by atoms with Gasteiger partial charge in [0.1, 0.15) is 17.2 Å². The Kier molecular flexibility index (Phi) is 7.23. The van der Waals surface area contributed by atoms with Crippen LogP contribution >= 0.6 is 0 Å². The van der Waals surface area contributed by atoms with E-state index in [0.717, 1.165) is 57.5 Å². The van der Waals surface area contributed by atoms with Crippen LogP contribution < -0.4 is 20.7 Å². The lowest BCUT2D eigenvalue weighted by atomic mass is 9.43. The molecular formula is C31H34F5N5O4. The summed E-state index contributed by atoms with van der Waals surface area (Å²) in [5.41, 5.74) is -1.96. The highest BCUT2D eigenvalue weighted by molar-refractivity contribution is 6.02. The monoisotopic (exact) mass is 635 g/mol. The molecule has 14 heteroatoms. The van der Waals surface area contributed by atoms with Gasteiger partial charge in [0.2, 0.25) is 5.91 Å². The minimum Gasteiger partial charge on any atom is -0.493 e. The summed E-state index contributed by atoms with van der Waals surface area (Å²) in [4.78, 5) is 34.1. The number of anilines is 2. The van der Waals surface area contributed by atoms with Crippen LogP contribution in [0, 0.1) is 29.4 Å². The number of ether oxygens (including phenoxy) is 2. The van der Waals surface area contributed by atoms with Crippen LogP contribution in [0.3, 0.4) is 0 Å². The molecule has 4 bridgehead atoms.